The molecule has 0 aliphatic heterocycles. The average Bonchev–Trinajstić information content (AvgIpc) is 2.50. The van der Waals surface area contributed by atoms with Gasteiger partial charge in [-0.1, -0.05) is 47.5 Å². The van der Waals surface area contributed by atoms with E-state index in [4.69, 9.17) is 23.2 Å². The Kier molecular flexibility index (Phi) is 4.32. The molecule has 108 valence electrons. The Morgan fingerprint density at radius 1 is 1.14 bits per heavy atom. The van der Waals surface area contributed by atoms with Crippen LogP contribution in [0.25, 0.3) is 0 Å². The quantitative estimate of drug-likeness (QED) is 0.757. The molecular formula is C18H16Cl2O. The molecule has 2 aromatic carbocycles. The van der Waals surface area contributed by atoms with Crippen LogP contribution in [-0.4, -0.2) is 5.78 Å². The van der Waals surface area contributed by atoms with Crippen molar-refractivity contribution in [2.45, 2.75) is 31.6 Å². The molecule has 0 bridgehead atoms. The second-order valence-corrected chi connectivity index (χ2v) is 6.37. The molecule has 0 N–H and O–H groups in total. The largest absolute Gasteiger partial charge is 0.299 e. The van der Waals surface area contributed by atoms with Crippen molar-refractivity contribution in [2.75, 3.05) is 0 Å². The van der Waals surface area contributed by atoms with Crippen LogP contribution in [0.1, 0.15) is 35.4 Å². The molecule has 1 aliphatic carbocycles. The fourth-order valence-electron chi connectivity index (χ4n) is 3.08. The van der Waals surface area contributed by atoms with E-state index in [9.17, 15) is 4.79 Å². The van der Waals surface area contributed by atoms with E-state index < -0.39 is 0 Å². The summed E-state index contributed by atoms with van der Waals surface area (Å²) in [5, 5.41) is 1.23. The van der Waals surface area contributed by atoms with Gasteiger partial charge in [0.05, 0.1) is 0 Å². The predicted molar refractivity (Wildman–Crippen MR) is 87.3 cm³/mol. The zero-order valence-corrected chi connectivity index (χ0v) is 13.1. The van der Waals surface area contributed by atoms with Gasteiger partial charge in [-0.2, -0.15) is 0 Å². The maximum absolute atomic E-state index is 12.7. The van der Waals surface area contributed by atoms with E-state index >= 15 is 0 Å². The molecule has 0 fully saturated rings. The van der Waals surface area contributed by atoms with Crippen molar-refractivity contribution in [1.29, 1.82) is 0 Å². The van der Waals surface area contributed by atoms with E-state index in [0.717, 1.165) is 24.8 Å². The number of hydrogen-bond acceptors (Lipinski definition) is 1. The lowest BCUT2D eigenvalue weighted by atomic mass is 9.79. The zero-order chi connectivity index (χ0) is 14.8. The van der Waals surface area contributed by atoms with Crippen LogP contribution in [0.5, 0.6) is 0 Å². The van der Waals surface area contributed by atoms with Crippen molar-refractivity contribution in [2.24, 2.45) is 0 Å². The molecule has 0 spiro atoms. The molecule has 0 radical (unpaired) electrons. The number of Topliss-reactive ketones (excluding diaryl/α,β-unsaturated/α-hetero) is 1. The number of rotatable bonds is 3. The van der Waals surface area contributed by atoms with Crippen molar-refractivity contribution in [3.63, 3.8) is 0 Å². The molecular weight excluding hydrogens is 303 g/mol. The Bertz CT molecular complexity index is 679. The van der Waals surface area contributed by atoms with Gasteiger partial charge < -0.3 is 0 Å². The average molecular weight is 319 g/mol. The van der Waals surface area contributed by atoms with Gasteiger partial charge in [0.1, 0.15) is 5.78 Å². The summed E-state index contributed by atoms with van der Waals surface area (Å²) in [5.41, 5.74) is 3.31. The van der Waals surface area contributed by atoms with Gasteiger partial charge in [0, 0.05) is 22.4 Å². The normalized spacial score (nSPS) is 17.3. The van der Waals surface area contributed by atoms with Crippen LogP contribution in [-0.2, 0) is 17.6 Å². The van der Waals surface area contributed by atoms with Crippen LogP contribution < -0.4 is 0 Å². The first-order chi connectivity index (χ1) is 10.1. The first kappa shape index (κ1) is 14.6. The maximum Gasteiger partial charge on any atom is 0.144 e. The molecule has 0 saturated carbocycles. The smallest absolute Gasteiger partial charge is 0.144 e. The third-order valence-corrected chi connectivity index (χ3v) is 4.73. The minimum Gasteiger partial charge on any atom is -0.299 e. The Hall–Kier alpha value is -1.31. The number of hydrogen-bond donors (Lipinski definition) is 0. The van der Waals surface area contributed by atoms with Crippen LogP contribution in [0.4, 0.5) is 0 Å². The molecule has 0 amide bonds. The number of halogens is 2. The van der Waals surface area contributed by atoms with Gasteiger partial charge in [-0.25, -0.2) is 0 Å². The summed E-state index contributed by atoms with van der Waals surface area (Å²) in [4.78, 5) is 12.7. The fourth-order valence-corrected chi connectivity index (χ4v) is 3.46. The first-order valence-corrected chi connectivity index (χ1v) is 7.95. The molecule has 1 aliphatic rings. The summed E-state index contributed by atoms with van der Waals surface area (Å²) < 4.78 is 0. The number of carbonyl (C=O) groups is 1. The lowest BCUT2D eigenvalue weighted by Gasteiger charge is -2.24. The minimum absolute atomic E-state index is 0.00926. The Morgan fingerprint density at radius 3 is 2.81 bits per heavy atom. The highest BCUT2D eigenvalue weighted by Crippen LogP contribution is 2.33. The third-order valence-electron chi connectivity index (χ3n) is 4.13. The van der Waals surface area contributed by atoms with Gasteiger partial charge >= 0.3 is 0 Å². The van der Waals surface area contributed by atoms with Crippen molar-refractivity contribution in [3.8, 4) is 0 Å². The molecule has 21 heavy (non-hydrogen) atoms. The first-order valence-electron chi connectivity index (χ1n) is 7.19. The standard InChI is InChI=1S/C18H16Cl2O/c19-14-8-9-17(20)13(10-14)11-18(21)16-7-3-5-12-4-1-2-6-15(12)16/h1-2,4,6,8-10,16H,3,5,7,11H2. The minimum atomic E-state index is -0.00926. The Morgan fingerprint density at radius 2 is 1.95 bits per heavy atom. The molecule has 1 unspecified atom stereocenters. The van der Waals surface area contributed by atoms with Crippen molar-refractivity contribution < 1.29 is 4.79 Å². The third kappa shape index (κ3) is 3.14. The molecule has 3 rings (SSSR count). The highest BCUT2D eigenvalue weighted by Gasteiger charge is 2.26. The van der Waals surface area contributed by atoms with E-state index in [1.807, 2.05) is 12.1 Å². The molecule has 1 atom stereocenters. The fraction of sp³-hybridized carbons (Fsp3) is 0.278. The SMILES string of the molecule is O=C(Cc1cc(Cl)ccc1Cl)C1CCCc2ccccc21. The van der Waals surface area contributed by atoms with Gasteiger partial charge in [0.15, 0.2) is 0 Å². The summed E-state index contributed by atoms with van der Waals surface area (Å²) >= 11 is 12.2. The van der Waals surface area contributed by atoms with Gasteiger partial charge in [-0.3, -0.25) is 4.79 Å². The lowest BCUT2D eigenvalue weighted by Crippen LogP contribution is -2.20. The molecule has 0 aromatic heterocycles. The highest BCUT2D eigenvalue weighted by atomic mass is 35.5. The van der Waals surface area contributed by atoms with Crippen LogP contribution in [0.2, 0.25) is 10.0 Å². The number of fused-ring (bicyclic) bond motifs is 1. The molecule has 2 aromatic rings. The summed E-state index contributed by atoms with van der Waals surface area (Å²) in [6, 6.07) is 13.5. The molecule has 1 nitrogen and oxygen atoms in total. The van der Waals surface area contributed by atoms with Crippen LogP contribution >= 0.6 is 23.2 Å². The van der Waals surface area contributed by atoms with E-state index in [1.165, 1.54) is 11.1 Å². The number of aryl methyl sites for hydroxylation is 1. The summed E-state index contributed by atoms with van der Waals surface area (Å²) in [7, 11) is 0. The van der Waals surface area contributed by atoms with Gasteiger partial charge in [0.2, 0.25) is 0 Å². The molecule has 0 saturated heterocycles. The monoisotopic (exact) mass is 318 g/mol. The molecule has 3 heteroatoms. The van der Waals surface area contributed by atoms with Crippen molar-refractivity contribution >= 4 is 29.0 Å². The van der Waals surface area contributed by atoms with E-state index in [2.05, 4.69) is 12.1 Å². The van der Waals surface area contributed by atoms with Gasteiger partial charge in [-0.15, -0.1) is 0 Å². The topological polar surface area (TPSA) is 17.1 Å². The summed E-state index contributed by atoms with van der Waals surface area (Å²) in [5.74, 6) is 0.219. The number of carbonyl (C=O) groups excluding carboxylic acids is 1. The van der Waals surface area contributed by atoms with Gasteiger partial charge in [0.25, 0.3) is 0 Å². The second-order valence-electron chi connectivity index (χ2n) is 5.52. The van der Waals surface area contributed by atoms with E-state index in [0.29, 0.717) is 16.5 Å². The van der Waals surface area contributed by atoms with Crippen LogP contribution in [0.15, 0.2) is 42.5 Å². The Labute approximate surface area is 134 Å². The van der Waals surface area contributed by atoms with Crippen LogP contribution in [0, 0.1) is 0 Å². The summed E-state index contributed by atoms with van der Waals surface area (Å²) in [6.07, 6.45) is 3.40. The van der Waals surface area contributed by atoms with Gasteiger partial charge in [-0.05, 0) is 54.2 Å². The number of benzene rings is 2. The predicted octanol–water partition coefficient (Wildman–Crippen LogP) is 5.23. The highest BCUT2D eigenvalue weighted by molar-refractivity contribution is 6.33. The molecule has 0 heterocycles. The maximum atomic E-state index is 12.7. The lowest BCUT2D eigenvalue weighted by molar-refractivity contribution is -0.120. The van der Waals surface area contributed by atoms with Crippen LogP contribution in [0.3, 0.4) is 0 Å². The van der Waals surface area contributed by atoms with Crippen molar-refractivity contribution in [3.05, 3.63) is 69.2 Å². The Balaban J connectivity index is 1.85. The zero-order valence-electron chi connectivity index (χ0n) is 11.6. The van der Waals surface area contributed by atoms with E-state index in [-0.39, 0.29) is 11.7 Å². The van der Waals surface area contributed by atoms with Crippen molar-refractivity contribution in [1.82, 2.24) is 0 Å². The summed E-state index contributed by atoms with van der Waals surface area (Å²) in [6.45, 7) is 0. The second kappa shape index (κ2) is 6.21. The number of ketones is 1. The van der Waals surface area contributed by atoms with E-state index in [1.54, 1.807) is 18.2 Å².